The first-order valence-corrected chi connectivity index (χ1v) is 5.02. The summed E-state index contributed by atoms with van der Waals surface area (Å²) in [6.45, 7) is 0.551. The highest BCUT2D eigenvalue weighted by Crippen LogP contribution is 2.35. The van der Waals surface area contributed by atoms with Crippen molar-refractivity contribution in [1.82, 2.24) is 5.32 Å². The van der Waals surface area contributed by atoms with E-state index in [1.165, 1.54) is 13.1 Å². The number of hydrogen-bond acceptors (Lipinski definition) is 2. The topological polar surface area (TPSA) is 21.3 Å². The Morgan fingerprint density at radius 3 is 2.75 bits per heavy atom. The SMILES string of the molecule is CNC(c1ccc2c(c1)CCO2)C(F)(F)F. The van der Waals surface area contributed by atoms with Gasteiger partial charge in [0.05, 0.1) is 6.61 Å². The standard InChI is InChI=1S/C11H12F3NO/c1-15-10(11(12,13)14)8-2-3-9-7(6-8)4-5-16-9/h2-3,6,10,15H,4-5H2,1H3. The first-order valence-electron chi connectivity index (χ1n) is 5.02. The lowest BCUT2D eigenvalue weighted by Crippen LogP contribution is -2.31. The van der Waals surface area contributed by atoms with Gasteiger partial charge in [-0.05, 0) is 24.2 Å². The minimum atomic E-state index is -4.28. The molecule has 2 nitrogen and oxygen atoms in total. The molecule has 2 rings (SSSR count). The highest BCUT2D eigenvalue weighted by Gasteiger charge is 2.39. The van der Waals surface area contributed by atoms with Crippen molar-refractivity contribution in [3.8, 4) is 5.75 Å². The second-order valence-corrected chi connectivity index (χ2v) is 3.73. The third-order valence-electron chi connectivity index (χ3n) is 2.66. The van der Waals surface area contributed by atoms with Gasteiger partial charge >= 0.3 is 6.18 Å². The second-order valence-electron chi connectivity index (χ2n) is 3.73. The molecule has 1 N–H and O–H groups in total. The molecule has 0 saturated heterocycles. The predicted octanol–water partition coefficient (Wildman–Crippen LogP) is 2.44. The summed E-state index contributed by atoms with van der Waals surface area (Å²) in [7, 11) is 1.31. The number of ether oxygens (including phenoxy) is 1. The van der Waals surface area contributed by atoms with Gasteiger partial charge in [0.15, 0.2) is 0 Å². The van der Waals surface area contributed by atoms with Crippen molar-refractivity contribution in [2.75, 3.05) is 13.7 Å². The van der Waals surface area contributed by atoms with Crippen LogP contribution in [0.2, 0.25) is 0 Å². The Balaban J connectivity index is 2.33. The van der Waals surface area contributed by atoms with Gasteiger partial charge in [-0.2, -0.15) is 13.2 Å². The molecule has 0 spiro atoms. The summed E-state index contributed by atoms with van der Waals surface area (Å²) in [5.74, 6) is 0.695. The zero-order valence-corrected chi connectivity index (χ0v) is 8.77. The van der Waals surface area contributed by atoms with E-state index in [2.05, 4.69) is 5.32 Å². The zero-order chi connectivity index (χ0) is 11.8. The van der Waals surface area contributed by atoms with Gasteiger partial charge in [-0.3, -0.25) is 0 Å². The number of hydrogen-bond donors (Lipinski definition) is 1. The molecule has 1 aliphatic rings. The molecule has 5 heteroatoms. The van der Waals surface area contributed by atoms with Gasteiger partial charge in [-0.15, -0.1) is 0 Å². The molecule has 0 saturated carbocycles. The molecule has 0 radical (unpaired) electrons. The van der Waals surface area contributed by atoms with Crippen molar-refractivity contribution in [2.24, 2.45) is 0 Å². The molecule has 1 heterocycles. The van der Waals surface area contributed by atoms with E-state index in [4.69, 9.17) is 4.74 Å². The largest absolute Gasteiger partial charge is 0.493 e. The van der Waals surface area contributed by atoms with Gasteiger partial charge in [0.25, 0.3) is 0 Å². The fraction of sp³-hybridized carbons (Fsp3) is 0.455. The Kier molecular flexibility index (Phi) is 2.80. The highest BCUT2D eigenvalue weighted by atomic mass is 19.4. The van der Waals surface area contributed by atoms with Crippen molar-refractivity contribution in [3.63, 3.8) is 0 Å². The third-order valence-corrected chi connectivity index (χ3v) is 2.66. The van der Waals surface area contributed by atoms with Gasteiger partial charge in [0.1, 0.15) is 11.8 Å². The van der Waals surface area contributed by atoms with Crippen molar-refractivity contribution in [1.29, 1.82) is 0 Å². The van der Waals surface area contributed by atoms with Crippen LogP contribution >= 0.6 is 0 Å². The first kappa shape index (κ1) is 11.3. The lowest BCUT2D eigenvalue weighted by atomic mass is 10.0. The Bertz CT molecular complexity index is 389. The molecule has 0 aliphatic carbocycles. The highest BCUT2D eigenvalue weighted by molar-refractivity contribution is 5.41. The lowest BCUT2D eigenvalue weighted by Gasteiger charge is -2.20. The maximum atomic E-state index is 12.7. The van der Waals surface area contributed by atoms with Gasteiger partial charge < -0.3 is 10.1 Å². The summed E-state index contributed by atoms with van der Waals surface area (Å²) < 4.78 is 43.2. The lowest BCUT2D eigenvalue weighted by molar-refractivity contribution is -0.156. The van der Waals surface area contributed by atoms with Crippen LogP contribution in [-0.2, 0) is 6.42 Å². The third kappa shape index (κ3) is 2.00. The quantitative estimate of drug-likeness (QED) is 0.844. The molecule has 1 aliphatic heterocycles. The molecule has 0 aromatic heterocycles. The average Bonchev–Trinajstić information content (AvgIpc) is 2.63. The second kappa shape index (κ2) is 3.97. The van der Waals surface area contributed by atoms with E-state index in [1.54, 1.807) is 12.1 Å². The van der Waals surface area contributed by atoms with E-state index < -0.39 is 12.2 Å². The Labute approximate surface area is 91.4 Å². The number of alkyl halides is 3. The molecule has 0 fully saturated rings. The van der Waals surface area contributed by atoms with Crippen molar-refractivity contribution >= 4 is 0 Å². The maximum Gasteiger partial charge on any atom is 0.407 e. The normalized spacial score (nSPS) is 16.8. The summed E-state index contributed by atoms with van der Waals surface area (Å²) in [4.78, 5) is 0. The number of benzene rings is 1. The molecule has 0 bridgehead atoms. The fourth-order valence-corrected chi connectivity index (χ4v) is 1.91. The Morgan fingerprint density at radius 1 is 1.38 bits per heavy atom. The molecule has 16 heavy (non-hydrogen) atoms. The summed E-state index contributed by atoms with van der Waals surface area (Å²) in [6, 6.07) is 3.02. The summed E-state index contributed by atoms with van der Waals surface area (Å²) in [6.07, 6.45) is -3.60. The summed E-state index contributed by atoms with van der Waals surface area (Å²) in [5.41, 5.74) is 1.08. The Morgan fingerprint density at radius 2 is 2.12 bits per heavy atom. The van der Waals surface area contributed by atoms with Crippen LogP contribution in [0.15, 0.2) is 18.2 Å². The zero-order valence-electron chi connectivity index (χ0n) is 8.77. The molecular weight excluding hydrogens is 219 g/mol. The molecule has 1 unspecified atom stereocenters. The smallest absolute Gasteiger partial charge is 0.407 e. The summed E-state index contributed by atoms with van der Waals surface area (Å²) >= 11 is 0. The van der Waals surface area contributed by atoms with E-state index in [0.29, 0.717) is 18.8 Å². The average molecular weight is 231 g/mol. The van der Waals surface area contributed by atoms with E-state index in [1.807, 2.05) is 0 Å². The minimum absolute atomic E-state index is 0.235. The molecule has 1 aromatic rings. The monoisotopic (exact) mass is 231 g/mol. The number of halogens is 3. The van der Waals surface area contributed by atoms with E-state index in [0.717, 1.165) is 5.56 Å². The van der Waals surface area contributed by atoms with Gasteiger partial charge in [-0.25, -0.2) is 0 Å². The molecular formula is C11H12F3NO. The van der Waals surface area contributed by atoms with Crippen LogP contribution in [-0.4, -0.2) is 19.8 Å². The molecule has 0 amide bonds. The van der Waals surface area contributed by atoms with Crippen LogP contribution in [0.4, 0.5) is 13.2 Å². The van der Waals surface area contributed by atoms with Crippen molar-refractivity contribution in [2.45, 2.75) is 18.6 Å². The van der Waals surface area contributed by atoms with Gasteiger partial charge in [0.2, 0.25) is 0 Å². The van der Waals surface area contributed by atoms with Crippen LogP contribution in [0, 0.1) is 0 Å². The van der Waals surface area contributed by atoms with Gasteiger partial charge in [0, 0.05) is 6.42 Å². The van der Waals surface area contributed by atoms with E-state index >= 15 is 0 Å². The van der Waals surface area contributed by atoms with Gasteiger partial charge in [-0.1, -0.05) is 12.1 Å². The number of fused-ring (bicyclic) bond motifs is 1. The van der Waals surface area contributed by atoms with E-state index in [9.17, 15) is 13.2 Å². The van der Waals surface area contributed by atoms with Crippen LogP contribution in [0.5, 0.6) is 5.75 Å². The van der Waals surface area contributed by atoms with Crippen LogP contribution < -0.4 is 10.1 Å². The Hall–Kier alpha value is -1.23. The van der Waals surface area contributed by atoms with Crippen LogP contribution in [0.1, 0.15) is 17.2 Å². The van der Waals surface area contributed by atoms with E-state index in [-0.39, 0.29) is 5.56 Å². The number of rotatable bonds is 2. The predicted molar refractivity (Wildman–Crippen MR) is 53.5 cm³/mol. The summed E-state index contributed by atoms with van der Waals surface area (Å²) in [5, 5.41) is 2.28. The van der Waals surface area contributed by atoms with Crippen LogP contribution in [0.3, 0.4) is 0 Å². The molecule has 1 atom stereocenters. The molecule has 88 valence electrons. The molecule has 1 aromatic carbocycles. The fourth-order valence-electron chi connectivity index (χ4n) is 1.91. The number of nitrogens with one attached hydrogen (secondary N) is 1. The van der Waals surface area contributed by atoms with Crippen LogP contribution in [0.25, 0.3) is 0 Å². The van der Waals surface area contributed by atoms with Crippen molar-refractivity contribution < 1.29 is 17.9 Å². The first-order chi connectivity index (χ1) is 7.52. The minimum Gasteiger partial charge on any atom is -0.493 e. The van der Waals surface area contributed by atoms with Crippen molar-refractivity contribution in [3.05, 3.63) is 29.3 Å². The maximum absolute atomic E-state index is 12.7.